The summed E-state index contributed by atoms with van der Waals surface area (Å²) in [6.45, 7) is 3.98. The molecule has 0 atom stereocenters. The van der Waals surface area contributed by atoms with Crippen molar-refractivity contribution in [2.75, 3.05) is 26.2 Å². The molecule has 0 bridgehead atoms. The molecule has 0 radical (unpaired) electrons. The number of sulfonamides is 1. The van der Waals surface area contributed by atoms with Crippen molar-refractivity contribution in [2.24, 2.45) is 5.14 Å². The van der Waals surface area contributed by atoms with Gasteiger partial charge in [-0.05, 0) is 29.3 Å². The SMILES string of the molecule is NS(=O)(=O)c1ccc(C=CC(=O)N2CCN(Cc3ccccc3)CC2)cc1. The average Bonchev–Trinajstić information content (AvgIpc) is 2.67. The second-order valence-corrected chi connectivity index (χ2v) is 8.10. The smallest absolute Gasteiger partial charge is 0.246 e. The number of primary sulfonamides is 1. The first-order valence-corrected chi connectivity index (χ1v) is 10.3. The highest BCUT2D eigenvalue weighted by atomic mass is 32.2. The van der Waals surface area contributed by atoms with Gasteiger partial charge in [0.15, 0.2) is 0 Å². The van der Waals surface area contributed by atoms with E-state index in [9.17, 15) is 13.2 Å². The van der Waals surface area contributed by atoms with Crippen LogP contribution in [0.2, 0.25) is 0 Å². The number of rotatable bonds is 5. The fourth-order valence-electron chi connectivity index (χ4n) is 3.01. The third-order valence-electron chi connectivity index (χ3n) is 4.56. The number of carbonyl (C=O) groups is 1. The summed E-state index contributed by atoms with van der Waals surface area (Å²) in [6.07, 6.45) is 3.21. The summed E-state index contributed by atoms with van der Waals surface area (Å²) in [5.41, 5.74) is 2.03. The van der Waals surface area contributed by atoms with E-state index in [0.29, 0.717) is 13.1 Å². The molecule has 1 saturated heterocycles. The van der Waals surface area contributed by atoms with E-state index in [1.807, 2.05) is 23.1 Å². The fraction of sp³-hybridized carbons (Fsp3) is 0.250. The molecule has 1 heterocycles. The lowest BCUT2D eigenvalue weighted by Crippen LogP contribution is -2.47. The van der Waals surface area contributed by atoms with Crippen molar-refractivity contribution in [2.45, 2.75) is 11.4 Å². The molecule has 2 aromatic rings. The molecule has 3 rings (SSSR count). The Morgan fingerprint density at radius 2 is 1.59 bits per heavy atom. The molecule has 0 aliphatic carbocycles. The zero-order valence-corrected chi connectivity index (χ0v) is 15.8. The number of benzene rings is 2. The highest BCUT2D eigenvalue weighted by Gasteiger charge is 2.19. The van der Waals surface area contributed by atoms with E-state index in [0.717, 1.165) is 25.2 Å². The maximum atomic E-state index is 12.4. The monoisotopic (exact) mass is 385 g/mol. The van der Waals surface area contributed by atoms with Gasteiger partial charge < -0.3 is 4.90 Å². The van der Waals surface area contributed by atoms with Gasteiger partial charge in [-0.3, -0.25) is 9.69 Å². The molecule has 6 nitrogen and oxygen atoms in total. The fourth-order valence-corrected chi connectivity index (χ4v) is 3.52. The molecular weight excluding hydrogens is 362 g/mol. The lowest BCUT2D eigenvalue weighted by atomic mass is 10.2. The molecule has 0 unspecified atom stereocenters. The van der Waals surface area contributed by atoms with Crippen LogP contribution < -0.4 is 5.14 Å². The summed E-state index contributed by atoms with van der Waals surface area (Å²) in [6, 6.07) is 16.4. The zero-order valence-electron chi connectivity index (χ0n) is 15.0. The summed E-state index contributed by atoms with van der Waals surface area (Å²) in [7, 11) is -3.70. The Balaban J connectivity index is 1.51. The van der Waals surface area contributed by atoms with Gasteiger partial charge in [0.1, 0.15) is 0 Å². The molecule has 1 aliphatic rings. The number of amides is 1. The zero-order chi connectivity index (χ0) is 19.3. The van der Waals surface area contributed by atoms with Crippen LogP contribution in [0, 0.1) is 0 Å². The van der Waals surface area contributed by atoms with Crippen molar-refractivity contribution in [1.82, 2.24) is 9.80 Å². The topological polar surface area (TPSA) is 83.7 Å². The summed E-state index contributed by atoms with van der Waals surface area (Å²) in [4.78, 5) is 16.6. The van der Waals surface area contributed by atoms with Crippen LogP contribution in [0.3, 0.4) is 0 Å². The maximum absolute atomic E-state index is 12.4. The van der Waals surface area contributed by atoms with E-state index in [2.05, 4.69) is 17.0 Å². The second kappa shape index (κ2) is 8.47. The number of piperazine rings is 1. The summed E-state index contributed by atoms with van der Waals surface area (Å²) in [5, 5.41) is 5.08. The predicted molar refractivity (Wildman–Crippen MR) is 105 cm³/mol. The molecular formula is C20H23N3O3S. The molecule has 1 fully saturated rings. The van der Waals surface area contributed by atoms with Crippen LogP contribution >= 0.6 is 0 Å². The number of carbonyl (C=O) groups excluding carboxylic acids is 1. The quantitative estimate of drug-likeness (QED) is 0.794. The van der Waals surface area contributed by atoms with Crippen molar-refractivity contribution in [1.29, 1.82) is 0 Å². The maximum Gasteiger partial charge on any atom is 0.246 e. The van der Waals surface area contributed by atoms with Crippen LogP contribution in [0.1, 0.15) is 11.1 Å². The number of nitrogens with two attached hydrogens (primary N) is 1. The Kier molecular flexibility index (Phi) is 6.05. The van der Waals surface area contributed by atoms with Crippen molar-refractivity contribution >= 4 is 22.0 Å². The average molecular weight is 385 g/mol. The number of hydrogen-bond donors (Lipinski definition) is 1. The highest BCUT2D eigenvalue weighted by molar-refractivity contribution is 7.89. The van der Waals surface area contributed by atoms with E-state index < -0.39 is 10.0 Å². The Labute approximate surface area is 159 Å². The lowest BCUT2D eigenvalue weighted by molar-refractivity contribution is -0.127. The molecule has 27 heavy (non-hydrogen) atoms. The van der Waals surface area contributed by atoms with E-state index in [1.54, 1.807) is 18.2 Å². The first-order chi connectivity index (χ1) is 12.9. The van der Waals surface area contributed by atoms with E-state index >= 15 is 0 Å². The van der Waals surface area contributed by atoms with Crippen LogP contribution in [0.15, 0.2) is 65.6 Å². The van der Waals surface area contributed by atoms with Gasteiger partial charge in [0.2, 0.25) is 15.9 Å². The van der Waals surface area contributed by atoms with Gasteiger partial charge in [-0.2, -0.15) is 0 Å². The first kappa shape index (κ1) is 19.3. The number of nitrogens with zero attached hydrogens (tertiary/aromatic N) is 2. The van der Waals surface area contributed by atoms with E-state index in [4.69, 9.17) is 5.14 Å². The first-order valence-electron chi connectivity index (χ1n) is 8.78. The molecule has 0 aromatic heterocycles. The van der Waals surface area contributed by atoms with Gasteiger partial charge in [-0.15, -0.1) is 0 Å². The Morgan fingerprint density at radius 1 is 0.963 bits per heavy atom. The molecule has 0 saturated carbocycles. The standard InChI is InChI=1S/C20H23N3O3S/c21-27(25,26)19-9-6-17(7-10-19)8-11-20(24)23-14-12-22(13-15-23)16-18-4-2-1-3-5-18/h1-11H,12-16H2,(H2,21,25,26). The molecule has 2 aromatic carbocycles. The summed E-state index contributed by atoms with van der Waals surface area (Å²) in [5.74, 6) is -0.0371. The molecule has 1 aliphatic heterocycles. The predicted octanol–water partition coefficient (Wildman–Crippen LogP) is 1.69. The molecule has 2 N–H and O–H groups in total. The van der Waals surface area contributed by atoms with Crippen LogP contribution in [-0.4, -0.2) is 50.3 Å². The molecule has 0 spiro atoms. The largest absolute Gasteiger partial charge is 0.337 e. The van der Waals surface area contributed by atoms with Gasteiger partial charge in [-0.1, -0.05) is 42.5 Å². The van der Waals surface area contributed by atoms with E-state index in [1.165, 1.54) is 23.8 Å². The van der Waals surface area contributed by atoms with Gasteiger partial charge in [0.05, 0.1) is 4.90 Å². The molecule has 142 valence electrons. The van der Waals surface area contributed by atoms with Crippen LogP contribution in [-0.2, 0) is 21.4 Å². The number of hydrogen-bond acceptors (Lipinski definition) is 4. The van der Waals surface area contributed by atoms with Crippen molar-refractivity contribution in [3.05, 3.63) is 71.8 Å². The van der Waals surface area contributed by atoms with Crippen molar-refractivity contribution < 1.29 is 13.2 Å². The van der Waals surface area contributed by atoms with Crippen molar-refractivity contribution in [3.8, 4) is 0 Å². The Bertz CT molecular complexity index is 901. The third-order valence-corrected chi connectivity index (χ3v) is 5.49. The van der Waals surface area contributed by atoms with Crippen LogP contribution in [0.25, 0.3) is 6.08 Å². The minimum Gasteiger partial charge on any atom is -0.337 e. The minimum atomic E-state index is -3.70. The molecule has 7 heteroatoms. The Hall–Kier alpha value is -2.48. The van der Waals surface area contributed by atoms with Crippen LogP contribution in [0.4, 0.5) is 0 Å². The highest BCUT2D eigenvalue weighted by Crippen LogP contribution is 2.12. The van der Waals surface area contributed by atoms with Gasteiger partial charge in [0.25, 0.3) is 0 Å². The van der Waals surface area contributed by atoms with Gasteiger partial charge in [0, 0.05) is 38.8 Å². The van der Waals surface area contributed by atoms with Crippen molar-refractivity contribution in [3.63, 3.8) is 0 Å². The van der Waals surface area contributed by atoms with E-state index in [-0.39, 0.29) is 10.8 Å². The van der Waals surface area contributed by atoms with Gasteiger partial charge in [-0.25, -0.2) is 13.6 Å². The lowest BCUT2D eigenvalue weighted by Gasteiger charge is -2.34. The minimum absolute atomic E-state index is 0.0371. The summed E-state index contributed by atoms with van der Waals surface area (Å²) >= 11 is 0. The van der Waals surface area contributed by atoms with Gasteiger partial charge >= 0.3 is 0 Å². The normalized spacial score (nSPS) is 16.0. The Morgan fingerprint density at radius 3 is 2.19 bits per heavy atom. The van der Waals surface area contributed by atoms with Crippen LogP contribution in [0.5, 0.6) is 0 Å². The second-order valence-electron chi connectivity index (χ2n) is 6.53. The third kappa shape index (κ3) is 5.50. The molecule has 1 amide bonds. The summed E-state index contributed by atoms with van der Waals surface area (Å²) < 4.78 is 22.5.